The number of alkyl halides is 3. The second-order valence-electron chi connectivity index (χ2n) is 7.35. The number of carbonyl (C=O) groups excluding carboxylic acids is 1. The van der Waals surface area contributed by atoms with Crippen LogP contribution in [0.3, 0.4) is 0 Å². The number of halogens is 3. The smallest absolute Gasteiger partial charge is 0.339 e. The van der Waals surface area contributed by atoms with Crippen LogP contribution < -0.4 is 0 Å². The van der Waals surface area contributed by atoms with Crippen molar-refractivity contribution in [3.05, 3.63) is 53.9 Å². The second-order valence-corrected chi connectivity index (χ2v) is 7.35. The lowest BCUT2D eigenvalue weighted by atomic mass is 10.0. The molecule has 150 valence electrons. The average molecular weight is 391 g/mol. The number of hydrogen-bond acceptors (Lipinski definition) is 3. The van der Waals surface area contributed by atoms with E-state index in [4.69, 9.17) is 0 Å². The van der Waals surface area contributed by atoms with Crippen molar-refractivity contribution >= 4 is 5.91 Å². The zero-order valence-electron chi connectivity index (χ0n) is 16.0. The van der Waals surface area contributed by atoms with Crippen LogP contribution in [0.4, 0.5) is 13.2 Å². The number of aromatic nitrogens is 1. The van der Waals surface area contributed by atoms with Gasteiger partial charge in [-0.2, -0.15) is 13.2 Å². The Bertz CT molecular complexity index is 818. The van der Waals surface area contributed by atoms with Crippen LogP contribution in [0.2, 0.25) is 0 Å². The van der Waals surface area contributed by atoms with E-state index in [1.165, 1.54) is 12.3 Å². The molecule has 1 aliphatic rings. The van der Waals surface area contributed by atoms with Gasteiger partial charge < -0.3 is 9.80 Å². The van der Waals surface area contributed by atoms with Crippen LogP contribution >= 0.6 is 0 Å². The third kappa shape index (κ3) is 4.70. The molecule has 1 saturated heterocycles. The molecule has 3 rings (SSSR count). The average Bonchev–Trinajstić information content (AvgIpc) is 2.93. The lowest BCUT2D eigenvalue weighted by Gasteiger charge is -2.23. The predicted octanol–water partition coefficient (Wildman–Crippen LogP) is 4.32. The number of amides is 1. The number of nitrogens with zero attached hydrogens (tertiary/aromatic N) is 3. The highest BCUT2D eigenvalue weighted by atomic mass is 19.4. The van der Waals surface area contributed by atoms with Crippen molar-refractivity contribution in [2.75, 3.05) is 27.2 Å². The minimum atomic E-state index is -4.46. The van der Waals surface area contributed by atoms with Crippen molar-refractivity contribution in [3.8, 4) is 11.1 Å². The summed E-state index contributed by atoms with van der Waals surface area (Å²) in [6.07, 6.45) is -0.319. The summed E-state index contributed by atoms with van der Waals surface area (Å²) >= 11 is 0. The van der Waals surface area contributed by atoms with Crippen LogP contribution in [0, 0.1) is 0 Å². The van der Waals surface area contributed by atoms with Crippen molar-refractivity contribution in [2.45, 2.75) is 31.5 Å². The van der Waals surface area contributed by atoms with E-state index in [1.807, 2.05) is 4.90 Å². The Labute approximate surface area is 163 Å². The van der Waals surface area contributed by atoms with Gasteiger partial charge in [-0.15, -0.1) is 0 Å². The molecule has 0 bridgehead atoms. The van der Waals surface area contributed by atoms with E-state index in [9.17, 15) is 18.0 Å². The van der Waals surface area contributed by atoms with Crippen molar-refractivity contribution in [2.24, 2.45) is 0 Å². The Kier molecular flexibility index (Phi) is 6.03. The maximum absolute atomic E-state index is 12.9. The van der Waals surface area contributed by atoms with Crippen LogP contribution in [-0.4, -0.2) is 53.9 Å². The molecule has 4 nitrogen and oxygen atoms in total. The van der Waals surface area contributed by atoms with E-state index < -0.39 is 11.9 Å². The Morgan fingerprint density at radius 3 is 2.54 bits per heavy atom. The molecule has 1 amide bonds. The normalized spacial score (nSPS) is 18.2. The summed E-state index contributed by atoms with van der Waals surface area (Å²) in [5, 5.41) is 0. The zero-order valence-corrected chi connectivity index (χ0v) is 16.0. The Morgan fingerprint density at radius 1 is 1.11 bits per heavy atom. The van der Waals surface area contributed by atoms with Crippen molar-refractivity contribution in [3.63, 3.8) is 0 Å². The third-order valence-corrected chi connectivity index (χ3v) is 5.21. The molecule has 1 atom stereocenters. The van der Waals surface area contributed by atoms with E-state index in [1.54, 1.807) is 24.3 Å². The fraction of sp³-hybridized carbons (Fsp3) is 0.429. The number of pyridine rings is 1. The molecule has 28 heavy (non-hydrogen) atoms. The molecule has 0 radical (unpaired) electrons. The van der Waals surface area contributed by atoms with Gasteiger partial charge >= 0.3 is 6.18 Å². The first-order valence-corrected chi connectivity index (χ1v) is 9.35. The summed E-state index contributed by atoms with van der Waals surface area (Å²) in [7, 11) is 4.12. The Hall–Kier alpha value is -2.41. The van der Waals surface area contributed by atoms with Crippen LogP contribution in [-0.2, 0) is 6.18 Å². The number of likely N-dealkylation sites (tertiary alicyclic amines) is 1. The van der Waals surface area contributed by atoms with E-state index in [-0.39, 0.29) is 5.91 Å². The maximum atomic E-state index is 12.9. The fourth-order valence-electron chi connectivity index (χ4n) is 3.54. The summed E-state index contributed by atoms with van der Waals surface area (Å²) in [5.74, 6) is -0.0406. The molecular formula is C21H24F3N3O. The molecule has 0 N–H and O–H groups in total. The lowest BCUT2D eigenvalue weighted by Crippen LogP contribution is -2.33. The fourth-order valence-corrected chi connectivity index (χ4v) is 3.54. The van der Waals surface area contributed by atoms with E-state index in [2.05, 4.69) is 24.0 Å². The van der Waals surface area contributed by atoms with Gasteiger partial charge in [0.1, 0.15) is 5.69 Å². The Balaban J connectivity index is 1.76. The van der Waals surface area contributed by atoms with Gasteiger partial charge in [-0.25, -0.2) is 0 Å². The van der Waals surface area contributed by atoms with Crippen LogP contribution in [0.15, 0.2) is 42.6 Å². The molecule has 2 heterocycles. The highest BCUT2D eigenvalue weighted by molar-refractivity contribution is 5.95. The largest absolute Gasteiger partial charge is 0.433 e. The van der Waals surface area contributed by atoms with Gasteiger partial charge in [-0.1, -0.05) is 18.2 Å². The summed E-state index contributed by atoms with van der Waals surface area (Å²) in [4.78, 5) is 20.5. The first kappa shape index (κ1) is 20.3. The monoisotopic (exact) mass is 391 g/mol. The zero-order chi connectivity index (χ0) is 20.3. The minimum Gasteiger partial charge on any atom is -0.339 e. The van der Waals surface area contributed by atoms with E-state index in [0.717, 1.165) is 31.9 Å². The molecule has 1 aromatic heterocycles. The van der Waals surface area contributed by atoms with E-state index in [0.29, 0.717) is 29.3 Å². The first-order valence-electron chi connectivity index (χ1n) is 9.35. The number of benzene rings is 1. The molecule has 0 saturated carbocycles. The van der Waals surface area contributed by atoms with Gasteiger partial charge in [0.05, 0.1) is 0 Å². The number of rotatable bonds is 3. The third-order valence-electron chi connectivity index (χ3n) is 5.21. The van der Waals surface area contributed by atoms with Gasteiger partial charge in [0.15, 0.2) is 0 Å². The van der Waals surface area contributed by atoms with Gasteiger partial charge in [0.2, 0.25) is 0 Å². The van der Waals surface area contributed by atoms with Crippen molar-refractivity contribution < 1.29 is 18.0 Å². The standard InChI is InChI=1S/C21H24F3N3O/c1-26(2)18-7-4-11-27(12-10-18)20(28)16-6-3-5-15(13-16)17-8-9-19(25-14-17)21(22,23)24/h3,5-6,8-9,13-14,18H,4,7,10-12H2,1-2H3. The summed E-state index contributed by atoms with van der Waals surface area (Å²) in [5.41, 5.74) is 0.837. The van der Waals surface area contributed by atoms with Crippen LogP contribution in [0.25, 0.3) is 11.1 Å². The molecule has 0 spiro atoms. The van der Waals surface area contributed by atoms with Gasteiger partial charge in [0.25, 0.3) is 5.91 Å². The lowest BCUT2D eigenvalue weighted by molar-refractivity contribution is -0.141. The maximum Gasteiger partial charge on any atom is 0.433 e. The predicted molar refractivity (Wildman–Crippen MR) is 102 cm³/mol. The van der Waals surface area contributed by atoms with Crippen LogP contribution in [0.1, 0.15) is 35.3 Å². The summed E-state index contributed by atoms with van der Waals surface area (Å²) in [6.45, 7) is 1.42. The molecule has 7 heteroatoms. The quantitative estimate of drug-likeness (QED) is 0.782. The van der Waals surface area contributed by atoms with E-state index >= 15 is 0 Å². The Morgan fingerprint density at radius 2 is 1.89 bits per heavy atom. The number of hydrogen-bond donors (Lipinski definition) is 0. The topological polar surface area (TPSA) is 36.4 Å². The van der Waals surface area contributed by atoms with Crippen molar-refractivity contribution in [1.29, 1.82) is 0 Å². The van der Waals surface area contributed by atoms with Gasteiger partial charge in [-0.3, -0.25) is 9.78 Å². The number of carbonyl (C=O) groups is 1. The summed E-state index contributed by atoms with van der Waals surface area (Å²) < 4.78 is 38.1. The van der Waals surface area contributed by atoms with Crippen LogP contribution in [0.5, 0.6) is 0 Å². The highest BCUT2D eigenvalue weighted by Crippen LogP contribution is 2.29. The van der Waals surface area contributed by atoms with Gasteiger partial charge in [-0.05, 0) is 57.1 Å². The minimum absolute atomic E-state index is 0.0406. The van der Waals surface area contributed by atoms with Crippen molar-refractivity contribution in [1.82, 2.24) is 14.8 Å². The first-order chi connectivity index (χ1) is 13.3. The molecular weight excluding hydrogens is 367 g/mol. The molecule has 2 aromatic rings. The molecule has 1 unspecified atom stereocenters. The molecule has 1 aromatic carbocycles. The van der Waals surface area contributed by atoms with Gasteiger partial charge in [0, 0.05) is 36.5 Å². The molecule has 1 fully saturated rings. The highest BCUT2D eigenvalue weighted by Gasteiger charge is 2.32. The molecule has 0 aliphatic carbocycles. The molecule has 1 aliphatic heterocycles. The second kappa shape index (κ2) is 8.31. The summed E-state index contributed by atoms with van der Waals surface area (Å²) in [6, 6.07) is 9.81. The SMILES string of the molecule is CN(C)C1CCCN(C(=O)c2cccc(-c3ccc(C(F)(F)F)nc3)c2)CC1.